The van der Waals surface area contributed by atoms with Crippen LogP contribution in [0.25, 0.3) is 0 Å². The molecule has 0 bridgehead atoms. The van der Waals surface area contributed by atoms with Crippen LogP contribution >= 0.6 is 0 Å². The Kier molecular flexibility index (Phi) is 3.37. The fourth-order valence-corrected chi connectivity index (χ4v) is 2.14. The Hall–Kier alpha value is -1.60. The zero-order chi connectivity index (χ0) is 11.4. The fraction of sp³-hybridized carbons (Fsp3) is 0.500. The maximum atomic E-state index is 9.31. The van der Waals surface area contributed by atoms with E-state index in [1.807, 2.05) is 0 Å². The Bertz CT molecular complexity index is 399. The van der Waals surface area contributed by atoms with Crippen molar-refractivity contribution in [3.63, 3.8) is 0 Å². The first-order valence-corrected chi connectivity index (χ1v) is 5.59. The molecule has 4 nitrogen and oxygen atoms in total. The lowest BCUT2D eigenvalue weighted by Crippen LogP contribution is -2.42. The number of hydrogen-bond acceptors (Lipinski definition) is 4. The van der Waals surface area contributed by atoms with Gasteiger partial charge in [0.05, 0.1) is 24.3 Å². The topological polar surface area (TPSA) is 60.2 Å². The van der Waals surface area contributed by atoms with Gasteiger partial charge in [-0.15, -0.1) is 0 Å². The molecule has 84 valence electrons. The van der Waals surface area contributed by atoms with Gasteiger partial charge in [0, 0.05) is 12.7 Å². The molecular formula is C12H15N3O. The molecule has 0 saturated carbocycles. The number of hydrogen-bond donors (Lipinski definition) is 1. The van der Waals surface area contributed by atoms with Gasteiger partial charge in [-0.3, -0.25) is 0 Å². The van der Waals surface area contributed by atoms with Gasteiger partial charge in [0.2, 0.25) is 0 Å². The largest absolute Gasteiger partial charge is 0.394 e. The van der Waals surface area contributed by atoms with Crippen LogP contribution in [-0.4, -0.2) is 29.3 Å². The minimum atomic E-state index is 0.148. The van der Waals surface area contributed by atoms with Crippen molar-refractivity contribution in [2.75, 3.05) is 18.1 Å². The van der Waals surface area contributed by atoms with Gasteiger partial charge in [-0.05, 0) is 31.4 Å². The summed E-state index contributed by atoms with van der Waals surface area (Å²) in [5.41, 5.74) is 0.618. The van der Waals surface area contributed by atoms with Crippen molar-refractivity contribution in [1.82, 2.24) is 4.98 Å². The molecule has 2 rings (SSSR count). The van der Waals surface area contributed by atoms with Gasteiger partial charge >= 0.3 is 0 Å². The zero-order valence-corrected chi connectivity index (χ0v) is 9.13. The van der Waals surface area contributed by atoms with E-state index in [1.54, 1.807) is 18.3 Å². The van der Waals surface area contributed by atoms with Crippen molar-refractivity contribution in [3.05, 3.63) is 23.9 Å². The highest BCUT2D eigenvalue weighted by molar-refractivity contribution is 5.46. The second-order valence-electron chi connectivity index (χ2n) is 4.04. The number of nitrogens with zero attached hydrogens (tertiary/aromatic N) is 3. The van der Waals surface area contributed by atoms with Crippen LogP contribution in [0.2, 0.25) is 0 Å². The van der Waals surface area contributed by atoms with Crippen LogP contribution in [0, 0.1) is 11.3 Å². The van der Waals surface area contributed by atoms with E-state index < -0.39 is 0 Å². The number of aliphatic hydroxyl groups excluding tert-OH is 1. The third kappa shape index (κ3) is 2.15. The smallest absolute Gasteiger partial charge is 0.130 e. The van der Waals surface area contributed by atoms with Crippen LogP contribution in [-0.2, 0) is 0 Å². The van der Waals surface area contributed by atoms with E-state index in [1.165, 1.54) is 0 Å². The maximum Gasteiger partial charge on any atom is 0.130 e. The number of nitriles is 1. The molecule has 2 heterocycles. The van der Waals surface area contributed by atoms with E-state index >= 15 is 0 Å². The van der Waals surface area contributed by atoms with E-state index in [4.69, 9.17) is 5.26 Å². The first kappa shape index (κ1) is 10.9. The molecule has 1 aliphatic rings. The molecule has 16 heavy (non-hydrogen) atoms. The lowest BCUT2D eigenvalue weighted by molar-refractivity contribution is 0.239. The summed E-state index contributed by atoms with van der Waals surface area (Å²) >= 11 is 0. The average molecular weight is 217 g/mol. The molecule has 0 amide bonds. The molecule has 0 aliphatic carbocycles. The number of pyridine rings is 1. The van der Waals surface area contributed by atoms with E-state index in [0.717, 1.165) is 31.6 Å². The molecule has 0 spiro atoms. The van der Waals surface area contributed by atoms with Crippen molar-refractivity contribution < 1.29 is 5.11 Å². The van der Waals surface area contributed by atoms with Gasteiger partial charge < -0.3 is 10.0 Å². The third-order valence-corrected chi connectivity index (χ3v) is 3.01. The minimum Gasteiger partial charge on any atom is -0.394 e. The highest BCUT2D eigenvalue weighted by Crippen LogP contribution is 2.23. The van der Waals surface area contributed by atoms with Crippen molar-refractivity contribution in [2.45, 2.75) is 25.3 Å². The summed E-state index contributed by atoms with van der Waals surface area (Å²) in [6.07, 6.45) is 4.92. The standard InChI is InChI=1S/C12H15N3O/c13-8-10-4-5-14-12(7-10)15-6-2-1-3-11(15)9-16/h4-5,7,11,16H,1-3,6,9H2/t11-/m1/s1. The molecule has 4 heteroatoms. The molecule has 1 aromatic rings. The second kappa shape index (κ2) is 4.95. The van der Waals surface area contributed by atoms with Gasteiger partial charge in [-0.25, -0.2) is 4.98 Å². The van der Waals surface area contributed by atoms with E-state index in [0.29, 0.717) is 5.56 Å². The van der Waals surface area contributed by atoms with Crippen molar-refractivity contribution in [2.24, 2.45) is 0 Å². The lowest BCUT2D eigenvalue weighted by Gasteiger charge is -2.35. The normalized spacial score (nSPS) is 20.5. The van der Waals surface area contributed by atoms with Gasteiger partial charge in [0.25, 0.3) is 0 Å². The molecule has 1 aliphatic heterocycles. The van der Waals surface area contributed by atoms with Gasteiger partial charge in [-0.2, -0.15) is 5.26 Å². The SMILES string of the molecule is N#Cc1ccnc(N2CCCC[C@@H]2CO)c1. The fourth-order valence-electron chi connectivity index (χ4n) is 2.14. The second-order valence-corrected chi connectivity index (χ2v) is 4.04. The quantitative estimate of drug-likeness (QED) is 0.811. The van der Waals surface area contributed by atoms with Gasteiger partial charge in [-0.1, -0.05) is 0 Å². The van der Waals surface area contributed by atoms with Crippen LogP contribution in [0.3, 0.4) is 0 Å². The average Bonchev–Trinajstić information content (AvgIpc) is 2.38. The summed E-state index contributed by atoms with van der Waals surface area (Å²) < 4.78 is 0. The van der Waals surface area contributed by atoms with Crippen LogP contribution < -0.4 is 4.90 Å². The molecule has 1 atom stereocenters. The predicted molar refractivity (Wildman–Crippen MR) is 61.0 cm³/mol. The molecule has 0 radical (unpaired) electrons. The molecule has 0 aromatic carbocycles. The summed E-state index contributed by atoms with van der Waals surface area (Å²) in [5.74, 6) is 0.804. The number of rotatable bonds is 2. The van der Waals surface area contributed by atoms with Crippen LogP contribution in [0.5, 0.6) is 0 Å². The number of piperidine rings is 1. The predicted octanol–water partition coefficient (Wildman–Crippen LogP) is 1.30. The number of aromatic nitrogens is 1. The third-order valence-electron chi connectivity index (χ3n) is 3.01. The molecule has 1 aromatic heterocycles. The van der Waals surface area contributed by atoms with Gasteiger partial charge in [0.1, 0.15) is 5.82 Å². The Morgan fingerprint density at radius 2 is 2.44 bits per heavy atom. The van der Waals surface area contributed by atoms with Gasteiger partial charge in [0.15, 0.2) is 0 Å². The van der Waals surface area contributed by atoms with Crippen LogP contribution in [0.15, 0.2) is 18.3 Å². The first-order valence-electron chi connectivity index (χ1n) is 5.59. The van der Waals surface area contributed by atoms with Crippen LogP contribution in [0.1, 0.15) is 24.8 Å². The zero-order valence-electron chi connectivity index (χ0n) is 9.13. The summed E-state index contributed by atoms with van der Waals surface area (Å²) in [4.78, 5) is 6.37. The molecule has 0 unspecified atom stereocenters. The number of aliphatic hydroxyl groups is 1. The molecule has 1 saturated heterocycles. The monoisotopic (exact) mass is 217 g/mol. The van der Waals surface area contributed by atoms with E-state index in [9.17, 15) is 5.11 Å². The summed E-state index contributed by atoms with van der Waals surface area (Å²) in [7, 11) is 0. The number of anilines is 1. The summed E-state index contributed by atoms with van der Waals surface area (Å²) in [6.45, 7) is 1.06. The van der Waals surface area contributed by atoms with E-state index in [2.05, 4.69) is 16.0 Å². The van der Waals surface area contributed by atoms with Crippen molar-refractivity contribution >= 4 is 5.82 Å². The molecule has 1 fully saturated rings. The van der Waals surface area contributed by atoms with Crippen molar-refractivity contribution in [1.29, 1.82) is 5.26 Å². The summed E-state index contributed by atoms with van der Waals surface area (Å²) in [5, 5.41) is 18.2. The minimum absolute atomic E-state index is 0.148. The Balaban J connectivity index is 2.24. The molecule has 1 N–H and O–H groups in total. The van der Waals surface area contributed by atoms with E-state index in [-0.39, 0.29) is 12.6 Å². The lowest BCUT2D eigenvalue weighted by atomic mass is 10.0. The Labute approximate surface area is 95.1 Å². The van der Waals surface area contributed by atoms with Crippen molar-refractivity contribution in [3.8, 4) is 6.07 Å². The Morgan fingerprint density at radius 1 is 1.56 bits per heavy atom. The first-order chi connectivity index (χ1) is 7.85. The summed E-state index contributed by atoms with van der Waals surface area (Å²) in [6, 6.07) is 5.74. The molecular weight excluding hydrogens is 202 g/mol. The maximum absolute atomic E-state index is 9.31. The Morgan fingerprint density at radius 3 is 3.19 bits per heavy atom. The van der Waals surface area contributed by atoms with Crippen LogP contribution in [0.4, 0.5) is 5.82 Å². The highest BCUT2D eigenvalue weighted by Gasteiger charge is 2.22. The highest BCUT2D eigenvalue weighted by atomic mass is 16.3.